The molecule has 1 saturated heterocycles. The summed E-state index contributed by atoms with van der Waals surface area (Å²) in [5.41, 5.74) is 7.39. The Morgan fingerprint density at radius 3 is 2.67 bits per heavy atom. The number of ether oxygens (including phenoxy) is 1. The number of hydrogen-bond acceptors (Lipinski definition) is 4. The van der Waals surface area contributed by atoms with Gasteiger partial charge in [0.15, 0.2) is 5.11 Å². The van der Waals surface area contributed by atoms with Gasteiger partial charge in [0.1, 0.15) is 0 Å². The molecule has 1 fully saturated rings. The summed E-state index contributed by atoms with van der Waals surface area (Å²) in [5.74, 6) is -0.0878. The summed E-state index contributed by atoms with van der Waals surface area (Å²) in [6, 6.07) is 7.86. The number of carbonyl (C=O) groups is 1. The summed E-state index contributed by atoms with van der Waals surface area (Å²) in [6.45, 7) is 8.55. The number of hydrazine groups is 1. The number of rotatable bonds is 4. The molecule has 6 nitrogen and oxygen atoms in total. The van der Waals surface area contributed by atoms with Crippen molar-refractivity contribution in [2.24, 2.45) is 0 Å². The van der Waals surface area contributed by atoms with E-state index in [0.717, 1.165) is 24.3 Å². The van der Waals surface area contributed by atoms with Crippen molar-refractivity contribution in [3.63, 3.8) is 0 Å². The highest BCUT2D eigenvalue weighted by Crippen LogP contribution is 2.11. The molecule has 3 N–H and O–H groups in total. The number of thiocarbonyl (C=S) groups is 1. The molecule has 2 rings (SSSR count). The fraction of sp³-hybridized carbons (Fsp3) is 0.529. The standard InChI is InChI=1S/C17H26N4O2S/c1-12-5-4-6-15(9-12)18-17(24)20-19-16(22)7-8-21-10-13(2)23-14(3)11-21/h4-6,9,13-14H,7-8,10-11H2,1-3H3,(H,19,22)(H2,18,20,24)/t13-,14-/m1/s1. The molecule has 1 aliphatic rings. The number of nitrogens with zero attached hydrogens (tertiary/aromatic N) is 1. The predicted molar refractivity (Wildman–Crippen MR) is 99.7 cm³/mol. The fourth-order valence-electron chi connectivity index (χ4n) is 2.80. The van der Waals surface area contributed by atoms with Gasteiger partial charge in [-0.25, -0.2) is 0 Å². The number of anilines is 1. The highest BCUT2D eigenvalue weighted by molar-refractivity contribution is 7.80. The molecule has 1 aliphatic heterocycles. The van der Waals surface area contributed by atoms with Crippen LogP contribution in [0.3, 0.4) is 0 Å². The Bertz CT molecular complexity index is 571. The lowest BCUT2D eigenvalue weighted by Crippen LogP contribution is -2.48. The number of carbonyl (C=O) groups excluding carboxylic acids is 1. The van der Waals surface area contributed by atoms with E-state index in [1.165, 1.54) is 0 Å². The molecule has 7 heteroatoms. The molecule has 132 valence electrons. The largest absolute Gasteiger partial charge is 0.373 e. The van der Waals surface area contributed by atoms with E-state index in [2.05, 4.69) is 34.9 Å². The van der Waals surface area contributed by atoms with E-state index in [9.17, 15) is 4.79 Å². The number of aryl methyl sites for hydroxylation is 1. The number of nitrogens with one attached hydrogen (secondary N) is 3. The zero-order valence-corrected chi connectivity index (χ0v) is 15.3. The first-order valence-electron chi connectivity index (χ1n) is 8.22. The van der Waals surface area contributed by atoms with Gasteiger partial charge in [-0.1, -0.05) is 12.1 Å². The van der Waals surface area contributed by atoms with Crippen LogP contribution in [0.4, 0.5) is 5.69 Å². The topological polar surface area (TPSA) is 65.6 Å². The molecule has 0 spiro atoms. The van der Waals surface area contributed by atoms with Gasteiger partial charge < -0.3 is 10.1 Å². The summed E-state index contributed by atoms with van der Waals surface area (Å²) in [4.78, 5) is 14.2. The molecule has 24 heavy (non-hydrogen) atoms. The summed E-state index contributed by atoms with van der Waals surface area (Å²) in [5, 5.41) is 3.40. The zero-order chi connectivity index (χ0) is 17.5. The van der Waals surface area contributed by atoms with Crippen molar-refractivity contribution in [1.29, 1.82) is 0 Å². The maximum atomic E-state index is 11.9. The van der Waals surface area contributed by atoms with Crippen molar-refractivity contribution >= 4 is 28.9 Å². The Morgan fingerprint density at radius 1 is 1.29 bits per heavy atom. The van der Waals surface area contributed by atoms with Crippen molar-refractivity contribution in [2.45, 2.75) is 39.4 Å². The Balaban J connectivity index is 1.66. The van der Waals surface area contributed by atoms with Crippen LogP contribution in [0.1, 0.15) is 25.8 Å². The quantitative estimate of drug-likeness (QED) is 0.569. The summed E-state index contributed by atoms with van der Waals surface area (Å²) in [7, 11) is 0. The summed E-state index contributed by atoms with van der Waals surface area (Å²) >= 11 is 5.17. The maximum absolute atomic E-state index is 11.9. The van der Waals surface area contributed by atoms with Crippen molar-refractivity contribution < 1.29 is 9.53 Å². The molecule has 2 atom stereocenters. The van der Waals surface area contributed by atoms with Crippen LogP contribution in [0.5, 0.6) is 0 Å². The Kier molecular flexibility index (Phi) is 6.96. The van der Waals surface area contributed by atoms with Gasteiger partial charge in [-0.05, 0) is 50.7 Å². The van der Waals surface area contributed by atoms with Gasteiger partial charge in [-0.2, -0.15) is 0 Å². The zero-order valence-electron chi connectivity index (χ0n) is 14.5. The molecule has 0 unspecified atom stereocenters. The van der Waals surface area contributed by atoms with Gasteiger partial charge >= 0.3 is 0 Å². The van der Waals surface area contributed by atoms with Crippen molar-refractivity contribution in [1.82, 2.24) is 15.8 Å². The van der Waals surface area contributed by atoms with E-state index in [0.29, 0.717) is 18.1 Å². The molecule has 1 aromatic rings. The highest BCUT2D eigenvalue weighted by Gasteiger charge is 2.22. The number of hydrogen-bond donors (Lipinski definition) is 3. The summed E-state index contributed by atoms with van der Waals surface area (Å²) in [6.07, 6.45) is 0.835. The van der Waals surface area contributed by atoms with E-state index >= 15 is 0 Å². The fourth-order valence-corrected chi connectivity index (χ4v) is 2.97. The number of benzene rings is 1. The lowest BCUT2D eigenvalue weighted by Gasteiger charge is -2.35. The van der Waals surface area contributed by atoms with Gasteiger partial charge in [0.25, 0.3) is 0 Å². The molecule has 0 saturated carbocycles. The molecule has 1 amide bonds. The minimum absolute atomic E-state index is 0.0878. The Labute approximate surface area is 148 Å². The van der Waals surface area contributed by atoms with Crippen molar-refractivity contribution in [3.8, 4) is 0 Å². The van der Waals surface area contributed by atoms with E-state index in [1.807, 2.05) is 31.2 Å². The van der Waals surface area contributed by atoms with Crippen LogP contribution in [-0.4, -0.2) is 47.8 Å². The second-order valence-corrected chi connectivity index (χ2v) is 6.67. The van der Waals surface area contributed by atoms with Crippen molar-refractivity contribution in [2.75, 3.05) is 25.0 Å². The molecule has 0 aliphatic carbocycles. The lowest BCUT2D eigenvalue weighted by molar-refractivity contribution is -0.123. The first-order chi connectivity index (χ1) is 11.4. The van der Waals surface area contributed by atoms with Crippen LogP contribution >= 0.6 is 12.2 Å². The smallest absolute Gasteiger partial charge is 0.239 e. The van der Waals surface area contributed by atoms with Crippen LogP contribution in [0.15, 0.2) is 24.3 Å². The average molecular weight is 350 g/mol. The van der Waals surface area contributed by atoms with Gasteiger partial charge in [0, 0.05) is 31.7 Å². The second kappa shape index (κ2) is 8.96. The van der Waals surface area contributed by atoms with E-state index in [1.54, 1.807) is 0 Å². The lowest BCUT2D eigenvalue weighted by atomic mass is 10.2. The van der Waals surface area contributed by atoms with E-state index < -0.39 is 0 Å². The third kappa shape index (κ3) is 6.43. The highest BCUT2D eigenvalue weighted by atomic mass is 32.1. The number of amides is 1. The number of morpholine rings is 1. The minimum atomic E-state index is -0.0878. The first kappa shape index (κ1) is 18.6. The molecule has 0 bridgehead atoms. The van der Waals surface area contributed by atoms with Crippen molar-refractivity contribution in [3.05, 3.63) is 29.8 Å². The normalized spacial score (nSPS) is 21.1. The first-order valence-corrected chi connectivity index (χ1v) is 8.63. The molecule has 1 aromatic carbocycles. The third-order valence-electron chi connectivity index (χ3n) is 3.74. The molecular formula is C17H26N4O2S. The Morgan fingerprint density at radius 2 is 2.00 bits per heavy atom. The molecule has 0 radical (unpaired) electrons. The van der Waals surface area contributed by atoms with Gasteiger partial charge in [-0.3, -0.25) is 20.5 Å². The average Bonchev–Trinajstić information content (AvgIpc) is 2.50. The monoisotopic (exact) mass is 350 g/mol. The SMILES string of the molecule is Cc1cccc(NC(=S)NNC(=O)CCN2C[C@@H](C)O[C@H](C)C2)c1. The van der Waals surface area contributed by atoms with Crippen LogP contribution < -0.4 is 16.2 Å². The maximum Gasteiger partial charge on any atom is 0.239 e. The Hall–Kier alpha value is -1.70. The van der Waals surface area contributed by atoms with Crippen LogP contribution in [0.2, 0.25) is 0 Å². The van der Waals surface area contributed by atoms with Crippen LogP contribution in [0.25, 0.3) is 0 Å². The second-order valence-electron chi connectivity index (χ2n) is 6.26. The van der Waals surface area contributed by atoms with E-state index in [-0.39, 0.29) is 18.1 Å². The van der Waals surface area contributed by atoms with E-state index in [4.69, 9.17) is 17.0 Å². The van der Waals surface area contributed by atoms with Gasteiger partial charge in [0.2, 0.25) is 5.91 Å². The molecular weight excluding hydrogens is 324 g/mol. The van der Waals surface area contributed by atoms with Crippen LogP contribution in [-0.2, 0) is 9.53 Å². The summed E-state index contributed by atoms with van der Waals surface area (Å²) < 4.78 is 5.69. The minimum Gasteiger partial charge on any atom is -0.373 e. The van der Waals surface area contributed by atoms with Gasteiger partial charge in [0.05, 0.1) is 12.2 Å². The predicted octanol–water partition coefficient (Wildman–Crippen LogP) is 1.81. The molecule has 0 aromatic heterocycles. The van der Waals surface area contributed by atoms with Crippen LogP contribution in [0, 0.1) is 6.92 Å². The molecule has 1 heterocycles. The van der Waals surface area contributed by atoms with Gasteiger partial charge in [-0.15, -0.1) is 0 Å². The third-order valence-corrected chi connectivity index (χ3v) is 3.95.